The molecule has 0 aromatic carbocycles. The highest BCUT2D eigenvalue weighted by molar-refractivity contribution is 7.12. The first-order valence-electron chi connectivity index (χ1n) is 4.96. The number of aromatic carboxylic acids is 1. The van der Waals surface area contributed by atoms with E-state index >= 15 is 0 Å². The molecule has 1 aromatic heterocycles. The summed E-state index contributed by atoms with van der Waals surface area (Å²) in [6.45, 7) is -1.15. The molecule has 0 unspecified atom stereocenters. The van der Waals surface area contributed by atoms with E-state index in [2.05, 4.69) is 5.32 Å². The zero-order chi connectivity index (χ0) is 12.9. The smallest absolute Gasteiger partial charge is 0.346 e. The van der Waals surface area contributed by atoms with Crippen molar-refractivity contribution in [3.63, 3.8) is 0 Å². The maximum absolute atomic E-state index is 10.9. The molecule has 5 N–H and O–H groups in total. The van der Waals surface area contributed by atoms with E-state index in [1.54, 1.807) is 11.4 Å². The summed E-state index contributed by atoms with van der Waals surface area (Å²) in [7, 11) is 0. The Morgan fingerprint density at radius 3 is 2.35 bits per heavy atom. The summed E-state index contributed by atoms with van der Waals surface area (Å²) < 4.78 is 0. The van der Waals surface area contributed by atoms with E-state index in [1.165, 1.54) is 0 Å². The highest BCUT2D eigenvalue weighted by atomic mass is 32.1. The molecule has 6 nitrogen and oxygen atoms in total. The molecule has 96 valence electrons. The third-order valence-electron chi connectivity index (χ3n) is 2.50. The van der Waals surface area contributed by atoms with Gasteiger partial charge in [-0.25, -0.2) is 4.79 Å². The van der Waals surface area contributed by atoms with Gasteiger partial charge in [-0.1, -0.05) is 0 Å². The Labute approximate surface area is 102 Å². The topological polar surface area (TPSA) is 110 Å². The Morgan fingerprint density at radius 1 is 1.29 bits per heavy atom. The maximum Gasteiger partial charge on any atom is 0.346 e. The number of thiophene rings is 1. The van der Waals surface area contributed by atoms with E-state index in [0.717, 1.165) is 11.3 Å². The van der Waals surface area contributed by atoms with Crippen molar-refractivity contribution in [2.75, 3.05) is 19.8 Å². The molecule has 0 spiro atoms. The summed E-state index contributed by atoms with van der Waals surface area (Å²) in [6.07, 6.45) is 0. The summed E-state index contributed by atoms with van der Waals surface area (Å²) in [5.41, 5.74) is -0.639. The van der Waals surface area contributed by atoms with Gasteiger partial charge in [0.05, 0.1) is 25.4 Å². The molecule has 0 radical (unpaired) electrons. The largest absolute Gasteiger partial charge is 0.477 e. The molecule has 0 saturated heterocycles. The van der Waals surface area contributed by atoms with E-state index in [1.807, 2.05) is 0 Å². The zero-order valence-electron chi connectivity index (χ0n) is 9.09. The van der Waals surface area contributed by atoms with E-state index in [-0.39, 0.29) is 11.4 Å². The predicted octanol–water partition coefficient (Wildman–Crippen LogP) is -0.748. The lowest BCUT2D eigenvalue weighted by atomic mass is 10.0. The number of carboxylic acid groups (broad SMARTS) is 1. The summed E-state index contributed by atoms with van der Waals surface area (Å²) in [5.74, 6) is -1.01. The number of nitrogens with one attached hydrogen (secondary N) is 1. The number of hydrogen-bond acceptors (Lipinski definition) is 6. The van der Waals surface area contributed by atoms with Gasteiger partial charge in [0.15, 0.2) is 0 Å². The van der Waals surface area contributed by atoms with Crippen LogP contribution in [0.1, 0.15) is 15.2 Å². The minimum atomic E-state index is -1.20. The monoisotopic (exact) mass is 261 g/mol. The minimum absolute atomic E-state index is 0.160. The van der Waals surface area contributed by atoms with Crippen LogP contribution in [0.4, 0.5) is 0 Å². The third-order valence-corrected chi connectivity index (χ3v) is 3.45. The Kier molecular flexibility index (Phi) is 5.03. The average Bonchev–Trinajstić information content (AvgIpc) is 2.80. The number of hydrogen-bond donors (Lipinski definition) is 5. The van der Waals surface area contributed by atoms with Gasteiger partial charge in [0.2, 0.25) is 0 Å². The van der Waals surface area contributed by atoms with Crippen LogP contribution in [-0.4, -0.2) is 51.8 Å². The van der Waals surface area contributed by atoms with Crippen LogP contribution in [0.5, 0.6) is 0 Å². The van der Waals surface area contributed by atoms with Gasteiger partial charge in [-0.15, -0.1) is 11.3 Å². The molecule has 0 fully saturated rings. The van der Waals surface area contributed by atoms with Gasteiger partial charge in [0.25, 0.3) is 0 Å². The first-order chi connectivity index (χ1) is 8.08. The molecular weight excluding hydrogens is 246 g/mol. The van der Waals surface area contributed by atoms with Gasteiger partial charge >= 0.3 is 5.97 Å². The lowest BCUT2D eigenvalue weighted by Gasteiger charge is -2.28. The number of aliphatic hydroxyl groups excluding tert-OH is 3. The highest BCUT2D eigenvalue weighted by Crippen LogP contribution is 2.17. The van der Waals surface area contributed by atoms with E-state index in [0.29, 0.717) is 5.56 Å². The Balaban J connectivity index is 2.72. The van der Waals surface area contributed by atoms with E-state index < -0.39 is 31.3 Å². The van der Waals surface area contributed by atoms with Crippen LogP contribution in [0.15, 0.2) is 11.4 Å². The normalized spacial score (nSPS) is 11.7. The second-order valence-corrected chi connectivity index (χ2v) is 4.60. The quantitative estimate of drug-likeness (QED) is 0.442. The number of aliphatic hydroxyl groups is 3. The second kappa shape index (κ2) is 6.08. The van der Waals surface area contributed by atoms with Gasteiger partial charge in [-0.3, -0.25) is 0 Å². The molecule has 17 heavy (non-hydrogen) atoms. The molecular formula is C10H15NO5S. The molecule has 1 aromatic rings. The lowest BCUT2D eigenvalue weighted by molar-refractivity contribution is 0.0413. The van der Waals surface area contributed by atoms with Gasteiger partial charge in [0, 0.05) is 6.54 Å². The third kappa shape index (κ3) is 3.24. The van der Waals surface area contributed by atoms with E-state index in [4.69, 9.17) is 20.4 Å². The lowest BCUT2D eigenvalue weighted by Crippen LogP contribution is -2.54. The van der Waals surface area contributed by atoms with Gasteiger partial charge in [-0.05, 0) is 17.0 Å². The molecule has 0 aliphatic carbocycles. The fraction of sp³-hybridized carbons (Fsp3) is 0.500. The molecule has 7 heteroatoms. The van der Waals surface area contributed by atoms with Gasteiger partial charge in [-0.2, -0.15) is 0 Å². The Hall–Kier alpha value is -0.990. The van der Waals surface area contributed by atoms with Crippen LogP contribution >= 0.6 is 11.3 Å². The van der Waals surface area contributed by atoms with Crippen molar-refractivity contribution in [1.82, 2.24) is 5.32 Å². The fourth-order valence-corrected chi connectivity index (χ4v) is 2.02. The van der Waals surface area contributed by atoms with Crippen molar-refractivity contribution in [3.8, 4) is 0 Å². The van der Waals surface area contributed by atoms with Crippen LogP contribution < -0.4 is 5.32 Å². The van der Waals surface area contributed by atoms with Crippen LogP contribution in [0, 0.1) is 0 Å². The number of rotatable bonds is 7. The average molecular weight is 261 g/mol. The summed E-state index contributed by atoms with van der Waals surface area (Å²) >= 11 is 1.10. The standard InChI is InChI=1S/C10H15NO5S/c12-4-10(5-13,6-14)11-3-7-1-2-17-8(7)9(15)16/h1-2,11-14H,3-6H2,(H,15,16). The van der Waals surface area contributed by atoms with Gasteiger partial charge in [0.1, 0.15) is 4.88 Å². The molecule has 0 atom stereocenters. The Morgan fingerprint density at radius 2 is 1.88 bits per heavy atom. The maximum atomic E-state index is 10.9. The molecule has 0 saturated carbocycles. The molecule has 0 bridgehead atoms. The van der Waals surface area contributed by atoms with Crippen molar-refractivity contribution in [2.24, 2.45) is 0 Å². The summed E-state index contributed by atoms with van der Waals surface area (Å²) in [4.78, 5) is 11.1. The van der Waals surface area contributed by atoms with Crippen LogP contribution in [0.25, 0.3) is 0 Å². The minimum Gasteiger partial charge on any atom is -0.477 e. The molecule has 1 rings (SSSR count). The van der Waals surface area contributed by atoms with Crippen molar-refractivity contribution in [3.05, 3.63) is 21.9 Å². The van der Waals surface area contributed by atoms with Crippen molar-refractivity contribution < 1.29 is 25.2 Å². The molecule has 0 aliphatic heterocycles. The van der Waals surface area contributed by atoms with Crippen molar-refractivity contribution in [2.45, 2.75) is 12.1 Å². The first-order valence-corrected chi connectivity index (χ1v) is 5.84. The van der Waals surface area contributed by atoms with Crippen molar-refractivity contribution in [1.29, 1.82) is 0 Å². The molecule has 1 heterocycles. The SMILES string of the molecule is O=C(O)c1sccc1CNC(CO)(CO)CO. The van der Waals surface area contributed by atoms with Gasteiger partial charge < -0.3 is 25.7 Å². The Bertz CT molecular complexity index is 366. The number of carboxylic acids is 1. The second-order valence-electron chi connectivity index (χ2n) is 3.69. The zero-order valence-corrected chi connectivity index (χ0v) is 9.90. The summed E-state index contributed by atoms with van der Waals surface area (Å²) in [5, 5.41) is 40.6. The van der Waals surface area contributed by atoms with Crippen molar-refractivity contribution >= 4 is 17.3 Å². The first kappa shape index (κ1) is 14.1. The van der Waals surface area contributed by atoms with Crippen LogP contribution in [0.2, 0.25) is 0 Å². The predicted molar refractivity (Wildman–Crippen MR) is 62.1 cm³/mol. The fourth-order valence-electron chi connectivity index (χ4n) is 1.26. The van der Waals surface area contributed by atoms with E-state index in [9.17, 15) is 4.79 Å². The molecule has 0 aliphatic rings. The van der Waals surface area contributed by atoms with Crippen LogP contribution in [-0.2, 0) is 6.54 Å². The highest BCUT2D eigenvalue weighted by Gasteiger charge is 2.27. The van der Waals surface area contributed by atoms with Crippen LogP contribution in [0.3, 0.4) is 0 Å². The molecule has 0 amide bonds. The number of carbonyl (C=O) groups is 1. The summed E-state index contributed by atoms with van der Waals surface area (Å²) in [6, 6.07) is 1.65.